The lowest BCUT2D eigenvalue weighted by Crippen LogP contribution is -1.92. The molecule has 1 unspecified atom stereocenters. The number of para-hydroxylation sites is 1. The zero-order chi connectivity index (χ0) is 9.68. The molecule has 0 amide bonds. The third kappa shape index (κ3) is 3.31. The van der Waals surface area contributed by atoms with Crippen LogP contribution in [0.5, 0.6) is 5.75 Å². The van der Waals surface area contributed by atoms with E-state index in [1.807, 2.05) is 32.0 Å². The highest BCUT2D eigenvalue weighted by Crippen LogP contribution is 2.35. The van der Waals surface area contributed by atoms with Crippen molar-refractivity contribution in [3.8, 4) is 5.75 Å². The first kappa shape index (κ1) is 10.5. The maximum Gasteiger partial charge on any atom is 0.394 e. The van der Waals surface area contributed by atoms with Gasteiger partial charge in [-0.15, -0.1) is 0 Å². The minimum absolute atomic E-state index is 0.452. The molecule has 1 aromatic rings. The minimum atomic E-state index is -1.77. The van der Waals surface area contributed by atoms with E-state index in [1.165, 1.54) is 0 Å². The Morgan fingerprint density at radius 1 is 1.38 bits per heavy atom. The average Bonchev–Trinajstić information content (AvgIpc) is 2.09. The minimum Gasteiger partial charge on any atom is -0.427 e. The summed E-state index contributed by atoms with van der Waals surface area (Å²) in [7, 11) is -1.77. The van der Waals surface area contributed by atoms with Crippen LogP contribution in [0, 0.1) is 6.92 Å². The van der Waals surface area contributed by atoms with E-state index in [-0.39, 0.29) is 0 Å². The topological polar surface area (TPSA) is 38.7 Å². The van der Waals surface area contributed by atoms with Crippen molar-refractivity contribution in [1.82, 2.24) is 0 Å². The summed E-state index contributed by atoms with van der Waals surface area (Å²) in [5, 5.41) is 0. The van der Waals surface area contributed by atoms with E-state index in [0.717, 1.165) is 5.56 Å². The van der Waals surface area contributed by atoms with E-state index >= 15 is 0 Å². The van der Waals surface area contributed by atoms with E-state index in [1.54, 1.807) is 6.07 Å². The standard InChI is InChI=1S/C9H13O3P/c1-3-11-13(10)12-9-7-5-4-6-8(9)2/h4-7,10H,3H2,1-2H3. The van der Waals surface area contributed by atoms with Gasteiger partial charge in [-0.1, -0.05) is 18.2 Å². The fourth-order valence-corrected chi connectivity index (χ4v) is 1.53. The predicted molar refractivity (Wildman–Crippen MR) is 52.6 cm³/mol. The predicted octanol–water partition coefficient (Wildman–Crippen LogP) is 2.63. The first-order valence-electron chi connectivity index (χ1n) is 4.09. The summed E-state index contributed by atoms with van der Waals surface area (Å²) < 4.78 is 10.1. The van der Waals surface area contributed by atoms with Crippen LogP contribution in [-0.2, 0) is 4.52 Å². The molecule has 0 aromatic heterocycles. The lowest BCUT2D eigenvalue weighted by Gasteiger charge is -2.11. The highest BCUT2D eigenvalue weighted by atomic mass is 31.2. The van der Waals surface area contributed by atoms with Crippen molar-refractivity contribution >= 4 is 8.60 Å². The first-order chi connectivity index (χ1) is 6.24. The van der Waals surface area contributed by atoms with E-state index in [9.17, 15) is 4.89 Å². The average molecular weight is 200 g/mol. The summed E-state index contributed by atoms with van der Waals surface area (Å²) in [6, 6.07) is 7.50. The van der Waals surface area contributed by atoms with Gasteiger partial charge in [-0.05, 0) is 25.5 Å². The monoisotopic (exact) mass is 200 g/mol. The van der Waals surface area contributed by atoms with Crippen molar-refractivity contribution < 1.29 is 13.9 Å². The second-order valence-electron chi connectivity index (χ2n) is 2.51. The van der Waals surface area contributed by atoms with E-state index in [4.69, 9.17) is 9.05 Å². The van der Waals surface area contributed by atoms with Crippen LogP contribution in [0.3, 0.4) is 0 Å². The van der Waals surface area contributed by atoms with Gasteiger partial charge < -0.3 is 13.9 Å². The van der Waals surface area contributed by atoms with Gasteiger partial charge in [0, 0.05) is 0 Å². The summed E-state index contributed by atoms with van der Waals surface area (Å²) >= 11 is 0. The molecule has 1 N–H and O–H groups in total. The Kier molecular flexibility index (Phi) is 4.16. The van der Waals surface area contributed by atoms with Crippen molar-refractivity contribution in [1.29, 1.82) is 0 Å². The Morgan fingerprint density at radius 2 is 2.08 bits per heavy atom. The van der Waals surface area contributed by atoms with Crippen molar-refractivity contribution in [2.45, 2.75) is 13.8 Å². The van der Waals surface area contributed by atoms with Crippen LogP contribution in [0.1, 0.15) is 12.5 Å². The third-order valence-electron chi connectivity index (χ3n) is 1.51. The lowest BCUT2D eigenvalue weighted by molar-refractivity contribution is 0.274. The molecular formula is C9H13O3P. The van der Waals surface area contributed by atoms with Crippen molar-refractivity contribution in [3.05, 3.63) is 29.8 Å². The molecule has 0 saturated carbocycles. The van der Waals surface area contributed by atoms with Crippen LogP contribution in [0.2, 0.25) is 0 Å². The highest BCUT2D eigenvalue weighted by Gasteiger charge is 2.08. The zero-order valence-corrected chi connectivity index (χ0v) is 8.62. The fraction of sp³-hybridized carbons (Fsp3) is 0.333. The second-order valence-corrected chi connectivity index (χ2v) is 3.43. The number of aryl methyl sites for hydroxylation is 1. The van der Waals surface area contributed by atoms with Crippen LogP contribution in [0.15, 0.2) is 24.3 Å². The largest absolute Gasteiger partial charge is 0.427 e. The van der Waals surface area contributed by atoms with E-state index in [2.05, 4.69) is 0 Å². The van der Waals surface area contributed by atoms with Gasteiger partial charge >= 0.3 is 8.60 Å². The molecule has 0 bridgehead atoms. The molecule has 1 atom stereocenters. The molecule has 0 aliphatic heterocycles. The maximum absolute atomic E-state index is 9.25. The van der Waals surface area contributed by atoms with Gasteiger partial charge in [-0.3, -0.25) is 0 Å². The molecule has 72 valence electrons. The third-order valence-corrected chi connectivity index (χ3v) is 2.34. The number of benzene rings is 1. The fourth-order valence-electron chi connectivity index (χ4n) is 0.880. The van der Waals surface area contributed by atoms with Crippen LogP contribution in [-0.4, -0.2) is 11.5 Å². The second kappa shape index (κ2) is 5.18. The van der Waals surface area contributed by atoms with Crippen LogP contribution >= 0.6 is 8.60 Å². The lowest BCUT2D eigenvalue weighted by atomic mass is 10.2. The summed E-state index contributed by atoms with van der Waals surface area (Å²) in [5.41, 5.74) is 0.990. The molecule has 0 fully saturated rings. The summed E-state index contributed by atoms with van der Waals surface area (Å²) in [6.45, 7) is 4.19. The van der Waals surface area contributed by atoms with Crippen molar-refractivity contribution in [2.75, 3.05) is 6.61 Å². The van der Waals surface area contributed by atoms with Gasteiger partial charge in [-0.2, -0.15) is 0 Å². The molecule has 0 aliphatic rings. The number of hydrogen-bond acceptors (Lipinski definition) is 3. The highest BCUT2D eigenvalue weighted by molar-refractivity contribution is 7.41. The molecule has 1 rings (SSSR count). The number of rotatable bonds is 4. The smallest absolute Gasteiger partial charge is 0.394 e. The molecule has 13 heavy (non-hydrogen) atoms. The Bertz CT molecular complexity index is 265. The van der Waals surface area contributed by atoms with Crippen LogP contribution in [0.25, 0.3) is 0 Å². The van der Waals surface area contributed by atoms with Gasteiger partial charge in [0.2, 0.25) is 0 Å². The summed E-state index contributed by atoms with van der Waals surface area (Å²) in [4.78, 5) is 9.25. The SMILES string of the molecule is CCOP(O)Oc1ccccc1C. The van der Waals surface area contributed by atoms with Gasteiger partial charge in [0.25, 0.3) is 0 Å². The molecule has 0 spiro atoms. The maximum atomic E-state index is 9.25. The molecule has 0 aliphatic carbocycles. The Hall–Kier alpha value is -0.630. The molecule has 0 saturated heterocycles. The van der Waals surface area contributed by atoms with Crippen LogP contribution < -0.4 is 4.52 Å². The molecule has 0 heterocycles. The Balaban J connectivity index is 2.58. The quantitative estimate of drug-likeness (QED) is 0.759. The Morgan fingerprint density at radius 3 is 2.69 bits per heavy atom. The van der Waals surface area contributed by atoms with E-state index < -0.39 is 8.60 Å². The van der Waals surface area contributed by atoms with Crippen molar-refractivity contribution in [2.24, 2.45) is 0 Å². The Labute approximate surface area is 79.3 Å². The van der Waals surface area contributed by atoms with Crippen molar-refractivity contribution in [3.63, 3.8) is 0 Å². The summed E-state index contributed by atoms with van der Waals surface area (Å²) in [6.07, 6.45) is 0. The molecule has 3 nitrogen and oxygen atoms in total. The van der Waals surface area contributed by atoms with Gasteiger partial charge in [0.05, 0.1) is 6.61 Å². The molecule has 1 aromatic carbocycles. The first-order valence-corrected chi connectivity index (χ1v) is 5.22. The normalized spacial score (nSPS) is 12.5. The molecular weight excluding hydrogens is 187 g/mol. The molecule has 4 heteroatoms. The molecule has 0 radical (unpaired) electrons. The van der Waals surface area contributed by atoms with Gasteiger partial charge in [0.15, 0.2) is 0 Å². The zero-order valence-electron chi connectivity index (χ0n) is 7.73. The summed E-state index contributed by atoms with van der Waals surface area (Å²) in [5.74, 6) is 0.671. The van der Waals surface area contributed by atoms with Gasteiger partial charge in [0.1, 0.15) is 5.75 Å². The van der Waals surface area contributed by atoms with Crippen LogP contribution in [0.4, 0.5) is 0 Å². The van der Waals surface area contributed by atoms with Gasteiger partial charge in [-0.25, -0.2) is 0 Å². The number of hydrogen-bond donors (Lipinski definition) is 1. The van der Waals surface area contributed by atoms with E-state index in [0.29, 0.717) is 12.4 Å².